The molecular weight excluding hydrogens is 162 g/mol. The fourth-order valence-electron chi connectivity index (χ4n) is 0.889. The first kappa shape index (κ1) is 8.53. The minimum atomic E-state index is -0.824. The first-order valence-corrected chi connectivity index (χ1v) is 3.75. The van der Waals surface area contributed by atoms with E-state index in [2.05, 4.69) is 0 Å². The van der Waals surface area contributed by atoms with Crippen LogP contribution in [0.25, 0.3) is 0 Å². The average Bonchev–Trinajstić information content (AvgIpc) is 1.93. The van der Waals surface area contributed by atoms with Crippen molar-refractivity contribution < 1.29 is 5.11 Å². The molecule has 0 fully saturated rings. The molecule has 0 bridgehead atoms. The highest BCUT2D eigenvalue weighted by Gasteiger charge is 2.01. The highest BCUT2D eigenvalue weighted by atomic mass is 35.5. The van der Waals surface area contributed by atoms with E-state index in [0.717, 1.165) is 5.56 Å². The molecule has 0 spiro atoms. The normalized spacial score (nSPS) is 13.0. The molecule has 0 aromatic heterocycles. The summed E-state index contributed by atoms with van der Waals surface area (Å²) in [6.45, 7) is 0. The second-order valence-corrected chi connectivity index (χ2v) is 2.77. The molecule has 60 valence electrons. The number of nitrogens with two attached hydrogens (primary N) is 1. The van der Waals surface area contributed by atoms with Crippen LogP contribution in [0.2, 0.25) is 5.02 Å². The molecule has 0 aliphatic carbocycles. The monoisotopic (exact) mass is 171 g/mol. The van der Waals surface area contributed by atoms with Crippen LogP contribution in [0, 0.1) is 0 Å². The lowest BCUT2D eigenvalue weighted by atomic mass is 10.1. The van der Waals surface area contributed by atoms with E-state index in [-0.39, 0.29) is 0 Å². The van der Waals surface area contributed by atoms with E-state index in [4.69, 9.17) is 22.4 Å². The number of hydrogen-bond donors (Lipinski definition) is 2. The number of aliphatic hydroxyl groups excluding tert-OH is 1. The van der Waals surface area contributed by atoms with Crippen LogP contribution in [0.15, 0.2) is 24.3 Å². The van der Waals surface area contributed by atoms with Crippen LogP contribution in [0.5, 0.6) is 0 Å². The van der Waals surface area contributed by atoms with Crippen molar-refractivity contribution in [1.29, 1.82) is 0 Å². The topological polar surface area (TPSA) is 46.2 Å². The van der Waals surface area contributed by atoms with Crippen LogP contribution in [0.4, 0.5) is 0 Å². The van der Waals surface area contributed by atoms with Gasteiger partial charge in [0.05, 0.1) is 0 Å². The zero-order valence-electron chi connectivity index (χ0n) is 6.00. The minimum Gasteiger partial charge on any atom is -0.378 e. The third kappa shape index (κ3) is 2.50. The lowest BCUT2D eigenvalue weighted by molar-refractivity contribution is 0.183. The second-order valence-electron chi connectivity index (χ2n) is 2.36. The van der Waals surface area contributed by atoms with E-state index in [1.165, 1.54) is 0 Å². The van der Waals surface area contributed by atoms with E-state index >= 15 is 0 Å². The molecule has 3 heteroatoms. The third-order valence-electron chi connectivity index (χ3n) is 1.39. The first-order chi connectivity index (χ1) is 5.20. The molecule has 0 amide bonds. The Bertz CT molecular complexity index is 237. The number of hydrogen-bond acceptors (Lipinski definition) is 2. The summed E-state index contributed by atoms with van der Waals surface area (Å²) in [5.74, 6) is 0. The van der Waals surface area contributed by atoms with Crippen molar-refractivity contribution in [3.63, 3.8) is 0 Å². The summed E-state index contributed by atoms with van der Waals surface area (Å²) in [5, 5.41) is 9.50. The molecule has 0 heterocycles. The molecule has 2 nitrogen and oxygen atoms in total. The number of rotatable bonds is 2. The standard InChI is InChI=1S/C8H10ClNO/c9-7-4-2-1-3-6(7)5-8(10)11/h1-4,8,11H,5,10H2. The van der Waals surface area contributed by atoms with Crippen molar-refractivity contribution in [2.75, 3.05) is 0 Å². The molecular formula is C8H10ClNO. The van der Waals surface area contributed by atoms with E-state index in [1.54, 1.807) is 6.07 Å². The predicted octanol–water partition coefficient (Wildman–Crippen LogP) is 1.16. The molecule has 0 aliphatic heterocycles. The van der Waals surface area contributed by atoms with Gasteiger partial charge in [-0.15, -0.1) is 0 Å². The Kier molecular flexibility index (Phi) is 2.88. The van der Waals surface area contributed by atoms with Crippen LogP contribution in [-0.4, -0.2) is 11.3 Å². The number of benzene rings is 1. The SMILES string of the molecule is NC(O)Cc1ccccc1Cl. The quantitative estimate of drug-likeness (QED) is 0.656. The molecule has 1 aromatic rings. The summed E-state index contributed by atoms with van der Waals surface area (Å²) in [4.78, 5) is 0. The van der Waals surface area contributed by atoms with Gasteiger partial charge in [-0.2, -0.15) is 0 Å². The van der Waals surface area contributed by atoms with Crippen molar-refractivity contribution in [2.24, 2.45) is 5.73 Å². The van der Waals surface area contributed by atoms with E-state index in [1.807, 2.05) is 18.2 Å². The average molecular weight is 172 g/mol. The molecule has 0 aliphatic rings. The maximum absolute atomic E-state index is 8.85. The van der Waals surface area contributed by atoms with Crippen molar-refractivity contribution >= 4 is 11.6 Å². The van der Waals surface area contributed by atoms with Crippen LogP contribution in [0.1, 0.15) is 5.56 Å². The molecule has 1 atom stereocenters. The minimum absolute atomic E-state index is 0.402. The van der Waals surface area contributed by atoms with E-state index in [9.17, 15) is 0 Å². The second kappa shape index (κ2) is 3.72. The van der Waals surface area contributed by atoms with Crippen molar-refractivity contribution in [3.05, 3.63) is 34.9 Å². The van der Waals surface area contributed by atoms with E-state index in [0.29, 0.717) is 11.4 Å². The summed E-state index contributed by atoms with van der Waals surface area (Å²) in [5.41, 5.74) is 6.07. The lowest BCUT2D eigenvalue weighted by Gasteiger charge is -2.05. The van der Waals surface area contributed by atoms with Gasteiger partial charge in [-0.3, -0.25) is 0 Å². The van der Waals surface area contributed by atoms with Crippen LogP contribution in [-0.2, 0) is 6.42 Å². The molecule has 1 aromatic carbocycles. The van der Waals surface area contributed by atoms with Gasteiger partial charge in [-0.25, -0.2) is 0 Å². The van der Waals surface area contributed by atoms with Gasteiger partial charge in [-0.05, 0) is 11.6 Å². The van der Waals surface area contributed by atoms with Crippen molar-refractivity contribution in [2.45, 2.75) is 12.6 Å². The summed E-state index contributed by atoms with van der Waals surface area (Å²) >= 11 is 5.80. The summed E-state index contributed by atoms with van der Waals surface area (Å²) in [6.07, 6.45) is -0.422. The predicted molar refractivity (Wildman–Crippen MR) is 45.4 cm³/mol. The molecule has 11 heavy (non-hydrogen) atoms. The van der Waals surface area contributed by atoms with Gasteiger partial charge in [0.1, 0.15) is 6.23 Å². The maximum Gasteiger partial charge on any atom is 0.106 e. The Hall–Kier alpha value is -0.570. The van der Waals surface area contributed by atoms with Gasteiger partial charge >= 0.3 is 0 Å². The molecule has 0 saturated heterocycles. The van der Waals surface area contributed by atoms with Gasteiger partial charge in [-0.1, -0.05) is 29.8 Å². The first-order valence-electron chi connectivity index (χ1n) is 3.37. The summed E-state index contributed by atoms with van der Waals surface area (Å²) in [6, 6.07) is 7.33. The van der Waals surface area contributed by atoms with E-state index < -0.39 is 6.23 Å². The number of aliphatic hydroxyl groups is 1. The maximum atomic E-state index is 8.85. The summed E-state index contributed by atoms with van der Waals surface area (Å²) < 4.78 is 0. The largest absolute Gasteiger partial charge is 0.378 e. The molecule has 0 radical (unpaired) electrons. The fourth-order valence-corrected chi connectivity index (χ4v) is 1.10. The highest BCUT2D eigenvalue weighted by Crippen LogP contribution is 2.15. The van der Waals surface area contributed by atoms with Gasteiger partial charge < -0.3 is 10.8 Å². The number of halogens is 1. The Balaban J connectivity index is 2.78. The third-order valence-corrected chi connectivity index (χ3v) is 1.76. The zero-order valence-corrected chi connectivity index (χ0v) is 6.75. The highest BCUT2D eigenvalue weighted by molar-refractivity contribution is 6.31. The Morgan fingerprint density at radius 3 is 2.64 bits per heavy atom. The van der Waals surface area contributed by atoms with Crippen molar-refractivity contribution in [3.8, 4) is 0 Å². The molecule has 1 unspecified atom stereocenters. The van der Waals surface area contributed by atoms with Crippen LogP contribution < -0.4 is 5.73 Å². The van der Waals surface area contributed by atoms with Crippen LogP contribution >= 0.6 is 11.6 Å². The zero-order chi connectivity index (χ0) is 8.27. The van der Waals surface area contributed by atoms with Gasteiger partial charge in [0.15, 0.2) is 0 Å². The van der Waals surface area contributed by atoms with Gasteiger partial charge in [0, 0.05) is 11.4 Å². The van der Waals surface area contributed by atoms with Crippen LogP contribution in [0.3, 0.4) is 0 Å². The molecule has 0 saturated carbocycles. The summed E-state index contributed by atoms with van der Waals surface area (Å²) in [7, 11) is 0. The lowest BCUT2D eigenvalue weighted by Crippen LogP contribution is -2.21. The Labute approximate surface area is 70.6 Å². The van der Waals surface area contributed by atoms with Gasteiger partial charge in [0.2, 0.25) is 0 Å². The van der Waals surface area contributed by atoms with Crippen molar-refractivity contribution in [1.82, 2.24) is 0 Å². The fraction of sp³-hybridized carbons (Fsp3) is 0.250. The Morgan fingerprint density at radius 2 is 2.09 bits per heavy atom. The molecule has 3 N–H and O–H groups in total. The van der Waals surface area contributed by atoms with Gasteiger partial charge in [0.25, 0.3) is 0 Å². The Morgan fingerprint density at radius 1 is 1.45 bits per heavy atom. The molecule has 1 rings (SSSR count). The smallest absolute Gasteiger partial charge is 0.106 e.